The molecule has 2 aromatic heterocycles. The number of ether oxygens (including phenoxy) is 2. The summed E-state index contributed by atoms with van der Waals surface area (Å²) in [4.78, 5) is 33.3. The van der Waals surface area contributed by atoms with E-state index < -0.39 is 11.6 Å². The highest BCUT2D eigenvalue weighted by molar-refractivity contribution is 5.90. The van der Waals surface area contributed by atoms with Crippen molar-refractivity contribution >= 4 is 16.9 Å². The van der Waals surface area contributed by atoms with Gasteiger partial charge in [0.1, 0.15) is 18.5 Å². The molecule has 0 radical (unpaired) electrons. The first kappa shape index (κ1) is 22.6. The quantitative estimate of drug-likeness (QED) is 0.359. The number of aryl methyl sites for hydroxylation is 1. The number of carbonyl (C=O) groups is 1. The van der Waals surface area contributed by atoms with Crippen LogP contribution in [0.1, 0.15) is 49.4 Å². The molecule has 2 aliphatic rings. The molecule has 4 heterocycles. The molecule has 0 bridgehead atoms. The van der Waals surface area contributed by atoms with E-state index in [1.54, 1.807) is 11.5 Å². The first-order valence-corrected chi connectivity index (χ1v) is 11.7. The lowest BCUT2D eigenvalue weighted by atomic mass is 9.85. The standard InChI is InChI=1S/C26H29N3O5/c1-6-15-9-8-10-16-11-17-12-29-22(21(17)27-20(15)16)23(34-14(3)28(4)5)19-18(24(29)30)13-33-25(31)26(19,32)7-2/h8-11,14,32H,6-7,12-13H2,1-5H3/t14?,26-/m0/s1. The highest BCUT2D eigenvalue weighted by Gasteiger charge is 2.49. The minimum Gasteiger partial charge on any atom is -0.473 e. The summed E-state index contributed by atoms with van der Waals surface area (Å²) in [5.41, 5.74) is 2.21. The maximum Gasteiger partial charge on any atom is 0.343 e. The molecule has 34 heavy (non-hydrogen) atoms. The maximum absolute atomic E-state index is 13.6. The molecule has 1 N–H and O–H groups in total. The van der Waals surface area contributed by atoms with Crippen LogP contribution in [-0.4, -0.2) is 45.9 Å². The van der Waals surface area contributed by atoms with Gasteiger partial charge in [0.15, 0.2) is 11.4 Å². The number of rotatable bonds is 5. The molecule has 1 aromatic carbocycles. The number of esters is 1. The van der Waals surface area contributed by atoms with Gasteiger partial charge in [-0.15, -0.1) is 0 Å². The Morgan fingerprint density at radius 2 is 2.06 bits per heavy atom. The van der Waals surface area contributed by atoms with E-state index in [1.807, 2.05) is 44.1 Å². The Kier molecular flexibility index (Phi) is 5.26. The smallest absolute Gasteiger partial charge is 0.343 e. The zero-order valence-electron chi connectivity index (χ0n) is 20.1. The summed E-state index contributed by atoms with van der Waals surface area (Å²) in [6.45, 7) is 5.78. The molecule has 5 rings (SSSR count). The molecule has 2 atom stereocenters. The minimum absolute atomic E-state index is 0.0480. The Morgan fingerprint density at radius 3 is 2.74 bits per heavy atom. The van der Waals surface area contributed by atoms with Crippen LogP contribution in [-0.2, 0) is 34.7 Å². The highest BCUT2D eigenvalue weighted by atomic mass is 16.6. The van der Waals surface area contributed by atoms with Crippen LogP contribution in [0.4, 0.5) is 0 Å². The van der Waals surface area contributed by atoms with E-state index in [-0.39, 0.29) is 35.9 Å². The second-order valence-electron chi connectivity index (χ2n) is 9.23. The number of cyclic esters (lactones) is 1. The molecule has 8 nitrogen and oxygen atoms in total. The number of aliphatic hydroxyl groups is 1. The van der Waals surface area contributed by atoms with Crippen LogP contribution < -0.4 is 10.3 Å². The molecule has 0 spiro atoms. The Labute approximate surface area is 197 Å². The molecule has 0 saturated heterocycles. The van der Waals surface area contributed by atoms with Crippen LogP contribution in [0.15, 0.2) is 29.1 Å². The van der Waals surface area contributed by atoms with E-state index in [1.165, 1.54) is 0 Å². The number of hydrogen-bond donors (Lipinski definition) is 1. The Bertz CT molecular complexity index is 1390. The number of nitrogens with zero attached hydrogens (tertiary/aromatic N) is 3. The Balaban J connectivity index is 1.88. The molecule has 1 unspecified atom stereocenters. The van der Waals surface area contributed by atoms with Gasteiger partial charge < -0.3 is 14.6 Å². The Hall–Kier alpha value is -3.23. The summed E-state index contributed by atoms with van der Waals surface area (Å²) in [5, 5.41) is 12.5. The van der Waals surface area contributed by atoms with E-state index in [0.29, 0.717) is 23.7 Å². The first-order valence-electron chi connectivity index (χ1n) is 11.7. The van der Waals surface area contributed by atoms with Crippen LogP contribution in [0, 0.1) is 0 Å². The topological polar surface area (TPSA) is 93.9 Å². The fourth-order valence-corrected chi connectivity index (χ4v) is 4.86. The summed E-state index contributed by atoms with van der Waals surface area (Å²) in [7, 11) is 3.75. The van der Waals surface area contributed by atoms with Gasteiger partial charge in [0.25, 0.3) is 5.56 Å². The number of carbonyl (C=O) groups excluding carboxylic acids is 1. The summed E-state index contributed by atoms with van der Waals surface area (Å²) < 4.78 is 13.3. The molecule has 0 fully saturated rings. The molecule has 0 aliphatic carbocycles. The van der Waals surface area contributed by atoms with Crippen molar-refractivity contribution in [3.63, 3.8) is 0 Å². The normalized spacial score (nSPS) is 19.6. The number of hydrogen-bond acceptors (Lipinski definition) is 7. The van der Waals surface area contributed by atoms with Crippen LogP contribution in [0.25, 0.3) is 22.3 Å². The van der Waals surface area contributed by atoms with Crippen molar-refractivity contribution < 1.29 is 19.4 Å². The second kappa shape index (κ2) is 7.92. The summed E-state index contributed by atoms with van der Waals surface area (Å²) in [6.07, 6.45) is 0.482. The first-order chi connectivity index (χ1) is 16.2. The summed E-state index contributed by atoms with van der Waals surface area (Å²) >= 11 is 0. The van der Waals surface area contributed by atoms with E-state index >= 15 is 0 Å². The van der Waals surface area contributed by atoms with Crippen molar-refractivity contribution in [1.29, 1.82) is 0 Å². The number of fused-ring (bicyclic) bond motifs is 5. The van der Waals surface area contributed by atoms with Gasteiger partial charge in [0, 0.05) is 10.9 Å². The van der Waals surface area contributed by atoms with Crippen molar-refractivity contribution in [2.45, 2.75) is 58.6 Å². The minimum atomic E-state index is -1.97. The van der Waals surface area contributed by atoms with E-state index in [2.05, 4.69) is 13.0 Å². The van der Waals surface area contributed by atoms with Crippen molar-refractivity contribution in [2.75, 3.05) is 14.1 Å². The predicted molar refractivity (Wildman–Crippen MR) is 128 cm³/mol. The fourth-order valence-electron chi connectivity index (χ4n) is 4.86. The highest BCUT2D eigenvalue weighted by Crippen LogP contribution is 2.47. The van der Waals surface area contributed by atoms with Crippen molar-refractivity contribution in [3.05, 3.63) is 56.9 Å². The largest absolute Gasteiger partial charge is 0.473 e. The zero-order chi connectivity index (χ0) is 24.4. The molecule has 0 saturated carbocycles. The van der Waals surface area contributed by atoms with Gasteiger partial charge in [-0.05, 0) is 45.5 Å². The van der Waals surface area contributed by atoms with E-state index in [0.717, 1.165) is 28.5 Å². The van der Waals surface area contributed by atoms with Gasteiger partial charge in [-0.3, -0.25) is 14.3 Å². The van der Waals surface area contributed by atoms with Gasteiger partial charge >= 0.3 is 5.97 Å². The van der Waals surface area contributed by atoms with Crippen LogP contribution in [0.5, 0.6) is 5.75 Å². The lowest BCUT2D eigenvalue weighted by Crippen LogP contribution is -2.45. The molecule has 3 aromatic rings. The monoisotopic (exact) mass is 463 g/mol. The average molecular weight is 464 g/mol. The van der Waals surface area contributed by atoms with Gasteiger partial charge in [-0.1, -0.05) is 32.0 Å². The lowest BCUT2D eigenvalue weighted by molar-refractivity contribution is -0.172. The lowest BCUT2D eigenvalue weighted by Gasteiger charge is -2.35. The van der Waals surface area contributed by atoms with Gasteiger partial charge in [-0.2, -0.15) is 0 Å². The summed E-state index contributed by atoms with van der Waals surface area (Å²) in [5.74, 6) is -0.455. The predicted octanol–water partition coefficient (Wildman–Crippen LogP) is 2.93. The summed E-state index contributed by atoms with van der Waals surface area (Å²) in [6, 6.07) is 8.15. The van der Waals surface area contributed by atoms with Crippen LogP contribution in [0.3, 0.4) is 0 Å². The molecular weight excluding hydrogens is 434 g/mol. The third-order valence-corrected chi connectivity index (χ3v) is 7.09. The average Bonchev–Trinajstić information content (AvgIpc) is 3.20. The van der Waals surface area contributed by atoms with E-state index in [9.17, 15) is 14.7 Å². The maximum atomic E-state index is 13.6. The third-order valence-electron chi connectivity index (χ3n) is 7.09. The van der Waals surface area contributed by atoms with Crippen LogP contribution >= 0.6 is 0 Å². The molecule has 0 amide bonds. The number of aromatic nitrogens is 2. The van der Waals surface area contributed by atoms with Crippen molar-refractivity contribution in [2.24, 2.45) is 0 Å². The molecule has 8 heteroatoms. The number of para-hydroxylation sites is 1. The molecular formula is C26H29N3O5. The molecule has 178 valence electrons. The molecule has 2 aliphatic heterocycles. The van der Waals surface area contributed by atoms with Gasteiger partial charge in [0.2, 0.25) is 0 Å². The second-order valence-corrected chi connectivity index (χ2v) is 9.23. The SMILES string of the molecule is CCc1cccc2cc3c(nc12)-c1c(OC(C)N(C)C)c2c(c(=O)n1C3)COC(=O)[C@]2(O)CC. The van der Waals surface area contributed by atoms with Crippen LogP contribution in [0.2, 0.25) is 0 Å². The number of pyridine rings is 2. The number of benzene rings is 1. The zero-order valence-corrected chi connectivity index (χ0v) is 20.1. The van der Waals surface area contributed by atoms with Gasteiger partial charge in [0.05, 0.1) is 28.9 Å². The third kappa shape index (κ3) is 3.09. The van der Waals surface area contributed by atoms with E-state index in [4.69, 9.17) is 14.5 Å². The van der Waals surface area contributed by atoms with Crippen molar-refractivity contribution in [3.8, 4) is 17.1 Å². The van der Waals surface area contributed by atoms with Crippen molar-refractivity contribution in [1.82, 2.24) is 14.5 Å². The van der Waals surface area contributed by atoms with Gasteiger partial charge in [-0.25, -0.2) is 9.78 Å². The Morgan fingerprint density at radius 1 is 1.29 bits per heavy atom. The fraction of sp³-hybridized carbons (Fsp3) is 0.423.